The first-order valence-electron chi connectivity index (χ1n) is 8.83. The highest BCUT2D eigenvalue weighted by atomic mass is 35.5. The molecule has 2 amide bonds. The highest BCUT2D eigenvalue weighted by molar-refractivity contribution is 5.99. The van der Waals surface area contributed by atoms with Gasteiger partial charge in [-0.15, -0.1) is 12.4 Å². The van der Waals surface area contributed by atoms with E-state index in [1.54, 1.807) is 17.0 Å². The van der Waals surface area contributed by atoms with Gasteiger partial charge in [0.25, 0.3) is 0 Å². The summed E-state index contributed by atoms with van der Waals surface area (Å²) >= 11 is 0. The van der Waals surface area contributed by atoms with Gasteiger partial charge in [-0.2, -0.15) is 0 Å². The topological polar surface area (TPSA) is 93.9 Å². The molecule has 0 spiro atoms. The van der Waals surface area contributed by atoms with Crippen LogP contribution in [0.15, 0.2) is 36.4 Å². The zero-order valence-electron chi connectivity index (χ0n) is 15.4. The van der Waals surface area contributed by atoms with Gasteiger partial charge in [-0.25, -0.2) is 0 Å². The quantitative estimate of drug-likeness (QED) is 0.765. The summed E-state index contributed by atoms with van der Waals surface area (Å²) in [4.78, 5) is 26.7. The second kappa shape index (κ2) is 7.98. The molecule has 2 aromatic rings. The molecule has 2 aromatic carbocycles. The van der Waals surface area contributed by atoms with Crippen molar-refractivity contribution in [2.24, 2.45) is 5.92 Å². The molecule has 28 heavy (non-hydrogen) atoms. The van der Waals surface area contributed by atoms with Crippen molar-refractivity contribution in [3.63, 3.8) is 0 Å². The normalized spacial score (nSPS) is 17.4. The smallest absolute Gasteiger partial charge is 0.231 e. The van der Waals surface area contributed by atoms with Gasteiger partial charge in [0, 0.05) is 31.6 Å². The number of carbonyl (C=O) groups excluding carboxylic acids is 2. The fraction of sp³-hybridized carbons (Fsp3) is 0.300. The van der Waals surface area contributed by atoms with Gasteiger partial charge in [-0.05, 0) is 12.5 Å². The molecule has 1 atom stereocenters. The molecule has 7 nitrogen and oxygen atoms in total. The lowest BCUT2D eigenvalue weighted by Crippen LogP contribution is -2.28. The minimum atomic E-state index is -0.409. The molecular formula is C20H22ClN3O4. The molecule has 3 N–H and O–H groups in total. The lowest BCUT2D eigenvalue weighted by molar-refractivity contribution is -0.128. The third-order valence-electron chi connectivity index (χ3n) is 4.88. The van der Waals surface area contributed by atoms with Gasteiger partial charge in [0.05, 0.1) is 17.3 Å². The molecule has 0 aliphatic carbocycles. The number of nitrogens with one attached hydrogen (secondary N) is 1. The van der Waals surface area contributed by atoms with Crippen LogP contribution in [-0.2, 0) is 16.1 Å². The van der Waals surface area contributed by atoms with Crippen LogP contribution in [0.1, 0.15) is 17.5 Å². The highest BCUT2D eigenvalue weighted by Crippen LogP contribution is 2.38. The Morgan fingerprint density at radius 2 is 1.89 bits per heavy atom. The number of likely N-dealkylation sites (tertiary alicyclic amines) is 1. The number of fused-ring (bicyclic) bond motifs is 1. The second-order valence-electron chi connectivity index (χ2n) is 6.94. The van der Waals surface area contributed by atoms with E-state index >= 15 is 0 Å². The SMILES string of the molecule is Cc1ccc(CN2CC(C(=O)Nc3cc4c(cc3N)OCO4)CC2=O)cc1.Cl. The molecule has 2 heterocycles. The summed E-state index contributed by atoms with van der Waals surface area (Å²) in [6, 6.07) is 11.3. The van der Waals surface area contributed by atoms with Crippen LogP contribution in [-0.4, -0.2) is 30.1 Å². The van der Waals surface area contributed by atoms with Gasteiger partial charge in [0.2, 0.25) is 18.6 Å². The first kappa shape index (κ1) is 19.8. The zero-order chi connectivity index (χ0) is 19.0. The van der Waals surface area contributed by atoms with Gasteiger partial charge in [-0.3, -0.25) is 9.59 Å². The Kier molecular flexibility index (Phi) is 5.65. The van der Waals surface area contributed by atoms with E-state index in [4.69, 9.17) is 15.2 Å². The van der Waals surface area contributed by atoms with Crippen molar-refractivity contribution in [2.45, 2.75) is 19.9 Å². The molecule has 1 saturated heterocycles. The summed E-state index contributed by atoms with van der Waals surface area (Å²) in [6.07, 6.45) is 0.197. The number of benzene rings is 2. The molecule has 1 fully saturated rings. The maximum absolute atomic E-state index is 12.6. The van der Waals surface area contributed by atoms with Crippen molar-refractivity contribution in [3.8, 4) is 11.5 Å². The second-order valence-corrected chi connectivity index (χ2v) is 6.94. The van der Waals surface area contributed by atoms with Gasteiger partial charge < -0.3 is 25.4 Å². The van der Waals surface area contributed by atoms with Crippen molar-refractivity contribution in [3.05, 3.63) is 47.5 Å². The van der Waals surface area contributed by atoms with E-state index in [9.17, 15) is 9.59 Å². The lowest BCUT2D eigenvalue weighted by Gasteiger charge is -2.17. The minimum Gasteiger partial charge on any atom is -0.454 e. The summed E-state index contributed by atoms with van der Waals surface area (Å²) in [6.45, 7) is 3.06. The van der Waals surface area contributed by atoms with Gasteiger partial charge in [-0.1, -0.05) is 29.8 Å². The van der Waals surface area contributed by atoms with Crippen LogP contribution >= 0.6 is 12.4 Å². The third kappa shape index (κ3) is 3.99. The van der Waals surface area contributed by atoms with Gasteiger partial charge in [0.1, 0.15) is 0 Å². The van der Waals surface area contributed by atoms with E-state index in [1.807, 2.05) is 31.2 Å². The number of hydrogen-bond donors (Lipinski definition) is 2. The highest BCUT2D eigenvalue weighted by Gasteiger charge is 2.34. The predicted octanol–water partition coefficient (Wildman–Crippen LogP) is 2.71. The predicted molar refractivity (Wildman–Crippen MR) is 108 cm³/mol. The maximum atomic E-state index is 12.6. The first-order chi connectivity index (χ1) is 13.0. The van der Waals surface area contributed by atoms with Crippen molar-refractivity contribution in [1.82, 2.24) is 4.90 Å². The summed E-state index contributed by atoms with van der Waals surface area (Å²) in [5.41, 5.74) is 9.07. The van der Waals surface area contributed by atoms with E-state index in [0.717, 1.165) is 5.56 Å². The van der Waals surface area contributed by atoms with E-state index < -0.39 is 5.92 Å². The van der Waals surface area contributed by atoms with Crippen LogP contribution in [0.2, 0.25) is 0 Å². The summed E-state index contributed by atoms with van der Waals surface area (Å²) in [5.74, 6) is 0.455. The molecular weight excluding hydrogens is 382 g/mol. The van der Waals surface area contributed by atoms with Gasteiger partial charge >= 0.3 is 0 Å². The Labute approximate surface area is 169 Å². The maximum Gasteiger partial charge on any atom is 0.231 e. The average molecular weight is 404 g/mol. The number of ether oxygens (including phenoxy) is 2. The fourth-order valence-corrected chi connectivity index (χ4v) is 3.32. The Morgan fingerprint density at radius 1 is 1.21 bits per heavy atom. The first-order valence-corrected chi connectivity index (χ1v) is 8.83. The molecule has 0 radical (unpaired) electrons. The van der Waals surface area contributed by atoms with Gasteiger partial charge in [0.15, 0.2) is 11.5 Å². The van der Waals surface area contributed by atoms with Crippen LogP contribution in [0.3, 0.4) is 0 Å². The number of halogens is 1. The van der Waals surface area contributed by atoms with Crippen molar-refractivity contribution < 1.29 is 19.1 Å². The average Bonchev–Trinajstić information content (AvgIpc) is 3.23. The van der Waals surface area contributed by atoms with Crippen molar-refractivity contribution in [1.29, 1.82) is 0 Å². The fourth-order valence-electron chi connectivity index (χ4n) is 3.32. The lowest BCUT2D eigenvalue weighted by atomic mass is 10.1. The number of aryl methyl sites for hydroxylation is 1. The molecule has 8 heteroatoms. The monoisotopic (exact) mass is 403 g/mol. The van der Waals surface area contributed by atoms with E-state index in [2.05, 4.69) is 5.32 Å². The number of nitrogen functional groups attached to an aromatic ring is 1. The number of anilines is 2. The molecule has 0 saturated carbocycles. The summed E-state index contributed by atoms with van der Waals surface area (Å²) in [7, 11) is 0. The Bertz CT molecular complexity index is 901. The van der Waals surface area contributed by atoms with Crippen LogP contribution < -0.4 is 20.5 Å². The van der Waals surface area contributed by atoms with E-state index in [-0.39, 0.29) is 37.4 Å². The van der Waals surface area contributed by atoms with E-state index in [1.165, 1.54) is 5.56 Å². The molecule has 2 aliphatic rings. The summed E-state index contributed by atoms with van der Waals surface area (Å²) in [5, 5.41) is 2.82. The number of nitrogens with two attached hydrogens (primary N) is 1. The molecule has 4 rings (SSSR count). The van der Waals surface area contributed by atoms with Crippen LogP contribution in [0.5, 0.6) is 11.5 Å². The molecule has 0 bridgehead atoms. The molecule has 148 valence electrons. The van der Waals surface area contributed by atoms with E-state index in [0.29, 0.717) is 36.0 Å². The van der Waals surface area contributed by atoms with Crippen molar-refractivity contribution in [2.75, 3.05) is 24.4 Å². The molecule has 2 aliphatic heterocycles. The Morgan fingerprint density at radius 3 is 2.61 bits per heavy atom. The van der Waals surface area contributed by atoms with Crippen molar-refractivity contribution >= 4 is 35.6 Å². The Hall–Kier alpha value is -2.93. The Balaban J connectivity index is 0.00000225. The standard InChI is InChI=1S/C20H21N3O4.ClH/c1-12-2-4-13(5-3-12)9-23-10-14(6-19(23)24)20(25)22-16-8-18-17(7-15(16)21)26-11-27-18;/h2-5,7-8,14H,6,9-11,21H2,1H3,(H,22,25);1H. The minimum absolute atomic E-state index is 0. The summed E-state index contributed by atoms with van der Waals surface area (Å²) < 4.78 is 10.6. The van der Waals surface area contributed by atoms with Crippen LogP contribution in [0.4, 0.5) is 11.4 Å². The van der Waals surface area contributed by atoms with Crippen LogP contribution in [0, 0.1) is 12.8 Å². The number of carbonyl (C=O) groups is 2. The van der Waals surface area contributed by atoms with Crippen LogP contribution in [0.25, 0.3) is 0 Å². The molecule has 0 aromatic heterocycles. The largest absolute Gasteiger partial charge is 0.454 e. The zero-order valence-corrected chi connectivity index (χ0v) is 16.3. The number of rotatable bonds is 4. The number of nitrogens with zero attached hydrogens (tertiary/aromatic N) is 1. The number of amides is 2. The molecule has 1 unspecified atom stereocenters. The third-order valence-corrected chi connectivity index (χ3v) is 4.88. The number of hydrogen-bond acceptors (Lipinski definition) is 5.